The summed E-state index contributed by atoms with van der Waals surface area (Å²) in [5, 5.41) is 3.82. The van der Waals surface area contributed by atoms with Gasteiger partial charge in [-0.25, -0.2) is 4.98 Å². The molecule has 0 bridgehead atoms. The number of carbonyl (C=O) groups excluding carboxylic acids is 2. The van der Waals surface area contributed by atoms with Crippen LogP contribution in [0.15, 0.2) is 65.8 Å². The van der Waals surface area contributed by atoms with E-state index in [1.54, 1.807) is 30.9 Å². The third-order valence-electron chi connectivity index (χ3n) is 5.61. The van der Waals surface area contributed by atoms with Gasteiger partial charge in [-0.1, -0.05) is 53.7 Å². The molecule has 3 aromatic carbocycles. The predicted octanol–water partition coefficient (Wildman–Crippen LogP) is 5.49. The van der Waals surface area contributed by atoms with Crippen LogP contribution >= 0.6 is 11.8 Å². The number of rotatable bonds is 7. The smallest absolute Gasteiger partial charge is 0.254 e. The molecule has 4 aromatic rings. The third-order valence-corrected chi connectivity index (χ3v) is 6.56. The maximum Gasteiger partial charge on any atom is 0.254 e. The van der Waals surface area contributed by atoms with Crippen LogP contribution in [-0.4, -0.2) is 40.3 Å². The third kappa shape index (κ3) is 5.48. The molecule has 0 spiro atoms. The highest BCUT2D eigenvalue weighted by Gasteiger charge is 2.16. The van der Waals surface area contributed by atoms with Crippen LogP contribution in [0.1, 0.15) is 32.6 Å². The second-order valence-electron chi connectivity index (χ2n) is 8.53. The molecule has 0 radical (unpaired) electrons. The van der Waals surface area contributed by atoms with Crippen LogP contribution in [0.5, 0.6) is 0 Å². The number of benzene rings is 3. The molecule has 0 unspecified atom stereocenters. The first kappa shape index (κ1) is 23.6. The Labute approximate surface area is 203 Å². The van der Waals surface area contributed by atoms with Crippen LogP contribution in [0.3, 0.4) is 0 Å². The van der Waals surface area contributed by atoms with Gasteiger partial charge in [-0.2, -0.15) is 0 Å². The number of para-hydroxylation sites is 2. The van der Waals surface area contributed by atoms with Gasteiger partial charge in [0.15, 0.2) is 5.16 Å². The number of anilines is 1. The van der Waals surface area contributed by atoms with Crippen molar-refractivity contribution in [3.63, 3.8) is 0 Å². The number of carbonyl (C=O) groups is 2. The molecule has 4 rings (SSSR count). The normalized spacial score (nSPS) is 10.9. The average molecular weight is 473 g/mol. The quantitative estimate of drug-likeness (QED) is 0.349. The summed E-state index contributed by atoms with van der Waals surface area (Å²) in [4.78, 5) is 34.7. The average Bonchev–Trinajstić information content (AvgIpc) is 3.23. The van der Waals surface area contributed by atoms with Gasteiger partial charge < -0.3 is 15.2 Å². The second kappa shape index (κ2) is 10.1. The number of likely N-dealkylation sites (N-methyl/N-ethyl adjacent to an activating group) is 1. The molecule has 6 nitrogen and oxygen atoms in total. The standard InChI is InChI=1S/C27H28N4O2S/c1-17-13-18(2)25(19(3)14-17)30-24(32)15-31(4)26(33)21-11-9-20(10-12-21)16-34-27-28-22-7-5-6-8-23(22)29-27/h5-14H,15-16H2,1-4H3,(H,28,29)(H,30,32). The molecule has 174 valence electrons. The fourth-order valence-corrected chi connectivity index (χ4v) is 4.80. The number of hydrogen-bond donors (Lipinski definition) is 2. The molecule has 0 aliphatic rings. The van der Waals surface area contributed by atoms with Crippen LogP contribution in [0.4, 0.5) is 5.69 Å². The summed E-state index contributed by atoms with van der Waals surface area (Å²) in [6.07, 6.45) is 0. The van der Waals surface area contributed by atoms with Crippen molar-refractivity contribution in [2.75, 3.05) is 18.9 Å². The molecule has 2 N–H and O–H groups in total. The van der Waals surface area contributed by atoms with Gasteiger partial charge in [-0.15, -0.1) is 0 Å². The van der Waals surface area contributed by atoms with E-state index in [0.29, 0.717) is 5.56 Å². The lowest BCUT2D eigenvalue weighted by molar-refractivity contribution is -0.116. The zero-order valence-corrected chi connectivity index (χ0v) is 20.6. The first-order chi connectivity index (χ1) is 16.3. The summed E-state index contributed by atoms with van der Waals surface area (Å²) in [6.45, 7) is 5.95. The fraction of sp³-hybridized carbons (Fsp3) is 0.222. The van der Waals surface area contributed by atoms with E-state index >= 15 is 0 Å². The van der Waals surface area contributed by atoms with Gasteiger partial charge in [-0.3, -0.25) is 9.59 Å². The Balaban J connectivity index is 1.33. The summed E-state index contributed by atoms with van der Waals surface area (Å²) in [5.74, 6) is 0.329. The fourth-order valence-electron chi connectivity index (χ4n) is 3.96. The van der Waals surface area contributed by atoms with Crippen molar-refractivity contribution in [2.45, 2.75) is 31.7 Å². The summed E-state index contributed by atoms with van der Waals surface area (Å²) < 4.78 is 0. The second-order valence-corrected chi connectivity index (χ2v) is 9.49. The largest absolute Gasteiger partial charge is 0.333 e. The first-order valence-electron chi connectivity index (χ1n) is 11.1. The molecule has 1 heterocycles. The molecule has 2 amide bonds. The minimum absolute atomic E-state index is 0.0186. The Kier molecular flexibility index (Phi) is 7.03. The van der Waals surface area contributed by atoms with E-state index in [2.05, 4.69) is 15.3 Å². The number of amides is 2. The SMILES string of the molecule is Cc1cc(C)c(NC(=O)CN(C)C(=O)c2ccc(CSc3nc4ccccc4[nH]3)cc2)c(C)c1. The minimum Gasteiger partial charge on any atom is -0.333 e. The van der Waals surface area contributed by atoms with Gasteiger partial charge in [0.05, 0.1) is 17.6 Å². The Morgan fingerprint density at radius 3 is 2.35 bits per heavy atom. The van der Waals surface area contributed by atoms with Crippen molar-refractivity contribution in [1.29, 1.82) is 0 Å². The van der Waals surface area contributed by atoms with Crippen molar-refractivity contribution in [3.8, 4) is 0 Å². The number of nitrogens with zero attached hydrogens (tertiary/aromatic N) is 2. The molecular formula is C27H28N4O2S. The van der Waals surface area contributed by atoms with E-state index in [1.807, 2.05) is 69.3 Å². The van der Waals surface area contributed by atoms with Gasteiger partial charge in [0.2, 0.25) is 5.91 Å². The van der Waals surface area contributed by atoms with Gasteiger partial charge in [-0.05, 0) is 61.7 Å². The highest BCUT2D eigenvalue weighted by molar-refractivity contribution is 7.98. The number of thioether (sulfide) groups is 1. The molecule has 0 saturated heterocycles. The molecular weight excluding hydrogens is 444 g/mol. The van der Waals surface area contributed by atoms with E-state index in [9.17, 15) is 9.59 Å². The number of H-pyrrole nitrogens is 1. The maximum absolute atomic E-state index is 12.8. The predicted molar refractivity (Wildman–Crippen MR) is 138 cm³/mol. The number of nitrogens with one attached hydrogen (secondary N) is 2. The Morgan fingerprint density at radius 2 is 1.68 bits per heavy atom. The van der Waals surface area contributed by atoms with Gasteiger partial charge in [0.25, 0.3) is 5.91 Å². The van der Waals surface area contributed by atoms with Crippen LogP contribution in [0.2, 0.25) is 0 Å². The van der Waals surface area contributed by atoms with E-state index in [-0.39, 0.29) is 18.4 Å². The molecule has 7 heteroatoms. The number of aryl methyl sites for hydroxylation is 3. The van der Waals surface area contributed by atoms with E-state index in [4.69, 9.17) is 0 Å². The Bertz CT molecular complexity index is 1290. The lowest BCUT2D eigenvalue weighted by atomic mass is 10.1. The van der Waals surface area contributed by atoms with Gasteiger partial charge >= 0.3 is 0 Å². The molecule has 0 fully saturated rings. The Morgan fingerprint density at radius 1 is 1.00 bits per heavy atom. The molecule has 0 saturated carbocycles. The van der Waals surface area contributed by atoms with Crippen LogP contribution < -0.4 is 5.32 Å². The van der Waals surface area contributed by atoms with E-state index in [0.717, 1.165) is 49.9 Å². The molecule has 0 atom stereocenters. The summed E-state index contributed by atoms with van der Waals surface area (Å²) in [5.41, 5.74) is 7.59. The summed E-state index contributed by atoms with van der Waals surface area (Å²) in [6, 6.07) is 19.5. The zero-order chi connectivity index (χ0) is 24.2. The van der Waals surface area contributed by atoms with Crippen molar-refractivity contribution in [2.24, 2.45) is 0 Å². The van der Waals surface area contributed by atoms with Crippen molar-refractivity contribution < 1.29 is 9.59 Å². The monoisotopic (exact) mass is 472 g/mol. The highest BCUT2D eigenvalue weighted by Crippen LogP contribution is 2.24. The van der Waals surface area contributed by atoms with E-state index < -0.39 is 0 Å². The minimum atomic E-state index is -0.218. The first-order valence-corrected chi connectivity index (χ1v) is 12.1. The summed E-state index contributed by atoms with van der Waals surface area (Å²) in [7, 11) is 1.64. The highest BCUT2D eigenvalue weighted by atomic mass is 32.2. The van der Waals surface area contributed by atoms with Gasteiger partial charge in [0, 0.05) is 24.1 Å². The van der Waals surface area contributed by atoms with Crippen molar-refractivity contribution in [1.82, 2.24) is 14.9 Å². The zero-order valence-electron chi connectivity index (χ0n) is 19.8. The van der Waals surface area contributed by atoms with E-state index in [1.165, 1.54) is 4.90 Å². The Hall–Kier alpha value is -3.58. The maximum atomic E-state index is 12.8. The number of aromatic nitrogens is 2. The lowest BCUT2D eigenvalue weighted by Crippen LogP contribution is -2.35. The number of aromatic amines is 1. The lowest BCUT2D eigenvalue weighted by Gasteiger charge is -2.18. The molecule has 0 aliphatic heterocycles. The van der Waals surface area contributed by atoms with Gasteiger partial charge in [0.1, 0.15) is 0 Å². The van der Waals surface area contributed by atoms with Crippen molar-refractivity contribution >= 4 is 40.3 Å². The number of imidazole rings is 1. The molecule has 1 aromatic heterocycles. The topological polar surface area (TPSA) is 78.1 Å². The summed E-state index contributed by atoms with van der Waals surface area (Å²) >= 11 is 1.62. The van der Waals surface area contributed by atoms with Crippen LogP contribution in [0.25, 0.3) is 11.0 Å². The number of fused-ring (bicyclic) bond motifs is 1. The molecule has 0 aliphatic carbocycles. The van der Waals surface area contributed by atoms with Crippen molar-refractivity contribution in [3.05, 3.63) is 88.5 Å². The molecule has 34 heavy (non-hydrogen) atoms. The van der Waals surface area contributed by atoms with Crippen LogP contribution in [0, 0.1) is 20.8 Å². The number of hydrogen-bond acceptors (Lipinski definition) is 4. The van der Waals surface area contributed by atoms with Crippen LogP contribution in [-0.2, 0) is 10.5 Å².